The summed E-state index contributed by atoms with van der Waals surface area (Å²) in [5, 5.41) is 4.29. The van der Waals surface area contributed by atoms with Crippen molar-refractivity contribution in [2.45, 2.75) is 13.5 Å². The molecule has 0 spiro atoms. The Balaban J connectivity index is 2.16. The molecule has 0 fully saturated rings. The maximum atomic E-state index is 5.72. The largest absolute Gasteiger partial charge is 0.491 e. The normalized spacial score (nSPS) is 10.8. The molecule has 5 nitrogen and oxygen atoms in total. The second-order valence-corrected chi connectivity index (χ2v) is 4.60. The molecular formula is C15H21N3O2. The highest BCUT2D eigenvalue weighted by molar-refractivity contribution is 5.64. The molecule has 0 radical (unpaired) electrons. The van der Waals surface area contributed by atoms with Crippen LogP contribution in [0.2, 0.25) is 0 Å². The molecule has 0 saturated carbocycles. The maximum Gasteiger partial charge on any atom is 0.122 e. The molecule has 0 aliphatic heterocycles. The molecule has 2 aromatic rings. The van der Waals surface area contributed by atoms with Crippen molar-refractivity contribution in [2.24, 2.45) is 5.73 Å². The first-order valence-corrected chi connectivity index (χ1v) is 6.70. The molecule has 108 valence electrons. The zero-order chi connectivity index (χ0) is 14.4. The predicted octanol–water partition coefficient (Wildman–Crippen LogP) is 1.84. The van der Waals surface area contributed by atoms with E-state index in [9.17, 15) is 0 Å². The Kier molecular flexibility index (Phi) is 5.15. The minimum absolute atomic E-state index is 0.549. The van der Waals surface area contributed by atoms with Crippen LogP contribution in [0, 0.1) is 6.92 Å². The highest BCUT2D eigenvalue weighted by atomic mass is 16.5. The quantitative estimate of drug-likeness (QED) is 0.783. The molecule has 20 heavy (non-hydrogen) atoms. The summed E-state index contributed by atoms with van der Waals surface area (Å²) < 4.78 is 12.6. The van der Waals surface area contributed by atoms with E-state index in [4.69, 9.17) is 15.2 Å². The van der Waals surface area contributed by atoms with Crippen molar-refractivity contribution in [3.05, 3.63) is 36.2 Å². The summed E-state index contributed by atoms with van der Waals surface area (Å²) in [4.78, 5) is 0. The summed E-state index contributed by atoms with van der Waals surface area (Å²) >= 11 is 0. The topological polar surface area (TPSA) is 62.3 Å². The van der Waals surface area contributed by atoms with Crippen molar-refractivity contribution < 1.29 is 9.47 Å². The van der Waals surface area contributed by atoms with Crippen molar-refractivity contribution in [2.75, 3.05) is 26.9 Å². The Morgan fingerprint density at radius 2 is 2.10 bits per heavy atom. The van der Waals surface area contributed by atoms with Crippen LogP contribution in [0.25, 0.3) is 11.1 Å². The van der Waals surface area contributed by atoms with Gasteiger partial charge in [0.1, 0.15) is 12.4 Å². The second-order valence-electron chi connectivity index (χ2n) is 4.60. The number of nitrogens with zero attached hydrogens (tertiary/aromatic N) is 2. The summed E-state index contributed by atoms with van der Waals surface area (Å²) in [6.45, 7) is 4.47. The van der Waals surface area contributed by atoms with Gasteiger partial charge in [0.05, 0.1) is 19.3 Å². The molecule has 2 N–H and O–H groups in total. The van der Waals surface area contributed by atoms with E-state index in [1.807, 2.05) is 30.1 Å². The summed E-state index contributed by atoms with van der Waals surface area (Å²) in [6, 6.07) is 6.16. The van der Waals surface area contributed by atoms with Gasteiger partial charge < -0.3 is 15.2 Å². The van der Waals surface area contributed by atoms with Crippen LogP contribution in [0.1, 0.15) is 5.56 Å². The number of ether oxygens (including phenoxy) is 2. The van der Waals surface area contributed by atoms with Gasteiger partial charge in [0, 0.05) is 25.4 Å². The fraction of sp³-hybridized carbons (Fsp3) is 0.400. The van der Waals surface area contributed by atoms with E-state index in [0.29, 0.717) is 19.8 Å². The van der Waals surface area contributed by atoms with Gasteiger partial charge >= 0.3 is 0 Å². The minimum Gasteiger partial charge on any atom is -0.491 e. The Hall–Kier alpha value is -1.85. The molecule has 1 aromatic heterocycles. The molecule has 0 saturated heterocycles. The smallest absolute Gasteiger partial charge is 0.122 e. The van der Waals surface area contributed by atoms with E-state index in [1.54, 1.807) is 7.11 Å². The number of rotatable bonds is 7. The van der Waals surface area contributed by atoms with E-state index in [1.165, 1.54) is 0 Å². The number of aromatic nitrogens is 2. The van der Waals surface area contributed by atoms with Gasteiger partial charge in [-0.2, -0.15) is 5.10 Å². The molecular weight excluding hydrogens is 254 g/mol. The number of benzene rings is 1. The highest BCUT2D eigenvalue weighted by Gasteiger charge is 2.06. The molecule has 0 bridgehead atoms. The van der Waals surface area contributed by atoms with Crippen LogP contribution in [0.3, 0.4) is 0 Å². The van der Waals surface area contributed by atoms with E-state index < -0.39 is 0 Å². The van der Waals surface area contributed by atoms with Crippen LogP contribution in [-0.4, -0.2) is 36.6 Å². The molecule has 0 atom stereocenters. The Bertz CT molecular complexity index is 552. The lowest BCUT2D eigenvalue weighted by molar-refractivity contribution is 0.146. The van der Waals surface area contributed by atoms with Gasteiger partial charge in [0.15, 0.2) is 0 Å². The number of hydrogen-bond acceptors (Lipinski definition) is 4. The molecule has 0 aliphatic rings. The first-order chi connectivity index (χ1) is 9.74. The molecule has 1 aromatic carbocycles. The van der Waals surface area contributed by atoms with Crippen molar-refractivity contribution >= 4 is 0 Å². The lowest BCUT2D eigenvalue weighted by Crippen LogP contribution is -2.09. The average molecular weight is 275 g/mol. The molecule has 5 heteroatoms. The molecule has 2 rings (SSSR count). The molecule has 0 unspecified atom stereocenters. The Labute approximate surface area is 119 Å². The van der Waals surface area contributed by atoms with Crippen molar-refractivity contribution in [1.82, 2.24) is 9.78 Å². The van der Waals surface area contributed by atoms with Gasteiger partial charge in [0.2, 0.25) is 0 Å². The third kappa shape index (κ3) is 3.59. The van der Waals surface area contributed by atoms with Crippen molar-refractivity contribution in [1.29, 1.82) is 0 Å². The lowest BCUT2D eigenvalue weighted by atomic mass is 10.1. The second kappa shape index (κ2) is 7.07. The lowest BCUT2D eigenvalue weighted by Gasteiger charge is -2.10. The van der Waals surface area contributed by atoms with Gasteiger partial charge in [0.25, 0.3) is 0 Å². The monoisotopic (exact) mass is 275 g/mol. The van der Waals surface area contributed by atoms with E-state index >= 15 is 0 Å². The Morgan fingerprint density at radius 3 is 2.85 bits per heavy atom. The molecule has 0 aliphatic carbocycles. The van der Waals surface area contributed by atoms with Crippen LogP contribution in [0.15, 0.2) is 30.6 Å². The van der Waals surface area contributed by atoms with Gasteiger partial charge in [-0.25, -0.2) is 0 Å². The van der Waals surface area contributed by atoms with E-state index in [0.717, 1.165) is 29.0 Å². The summed E-state index contributed by atoms with van der Waals surface area (Å²) in [6.07, 6.45) is 3.84. The average Bonchev–Trinajstić information content (AvgIpc) is 2.90. The van der Waals surface area contributed by atoms with Gasteiger partial charge in [-0.1, -0.05) is 12.1 Å². The standard InChI is InChI=1S/C15H21N3O2/c1-12-3-4-13(9-15(12)20-8-7-19-2)14-10-17-18(11-14)6-5-16/h3-4,9-11H,5-8,16H2,1-2H3. The van der Waals surface area contributed by atoms with Crippen LogP contribution in [-0.2, 0) is 11.3 Å². The summed E-state index contributed by atoms with van der Waals surface area (Å²) in [5.74, 6) is 0.881. The zero-order valence-corrected chi connectivity index (χ0v) is 12.0. The molecule has 1 heterocycles. The third-order valence-corrected chi connectivity index (χ3v) is 3.06. The number of nitrogens with two attached hydrogens (primary N) is 1. The van der Waals surface area contributed by atoms with Crippen molar-refractivity contribution in [3.63, 3.8) is 0 Å². The highest BCUT2D eigenvalue weighted by Crippen LogP contribution is 2.26. The molecule has 0 amide bonds. The SMILES string of the molecule is COCCOc1cc(-c2cnn(CCN)c2)ccc1C. The van der Waals surface area contributed by atoms with Crippen LogP contribution < -0.4 is 10.5 Å². The third-order valence-electron chi connectivity index (χ3n) is 3.06. The van der Waals surface area contributed by atoms with Crippen LogP contribution in [0.4, 0.5) is 0 Å². The minimum atomic E-state index is 0.549. The zero-order valence-electron chi connectivity index (χ0n) is 12.0. The summed E-state index contributed by atoms with van der Waals surface area (Å²) in [5.41, 5.74) is 8.79. The number of hydrogen-bond donors (Lipinski definition) is 1. The van der Waals surface area contributed by atoms with Gasteiger partial charge in [-0.05, 0) is 24.1 Å². The number of aryl methyl sites for hydroxylation is 1. The van der Waals surface area contributed by atoms with E-state index in [2.05, 4.69) is 17.2 Å². The Morgan fingerprint density at radius 1 is 1.25 bits per heavy atom. The van der Waals surface area contributed by atoms with Gasteiger partial charge in [-0.3, -0.25) is 4.68 Å². The maximum absolute atomic E-state index is 5.72. The van der Waals surface area contributed by atoms with Crippen molar-refractivity contribution in [3.8, 4) is 16.9 Å². The summed E-state index contributed by atoms with van der Waals surface area (Å²) in [7, 11) is 1.67. The first kappa shape index (κ1) is 14.6. The fourth-order valence-electron chi connectivity index (χ4n) is 1.94. The van der Waals surface area contributed by atoms with Gasteiger partial charge in [-0.15, -0.1) is 0 Å². The van der Waals surface area contributed by atoms with E-state index in [-0.39, 0.29) is 0 Å². The van der Waals surface area contributed by atoms with Crippen LogP contribution >= 0.6 is 0 Å². The number of methoxy groups -OCH3 is 1. The predicted molar refractivity (Wildman–Crippen MR) is 78.8 cm³/mol. The first-order valence-electron chi connectivity index (χ1n) is 6.70. The fourth-order valence-corrected chi connectivity index (χ4v) is 1.94. The van der Waals surface area contributed by atoms with Crippen LogP contribution in [0.5, 0.6) is 5.75 Å².